The standard InChI is InChI=1S/C20H31N5O2/c1-23-10-12-24(13-11-23)19-15-27-14-18(19)22-17-4-8-25(9-5-17)20(26)16-2-6-21-7-3-16/h2-3,6-7,17-19,22H,4-5,8-15H2,1H3. The Kier molecular flexibility index (Phi) is 6.02. The van der Waals surface area contributed by atoms with Gasteiger partial charge in [0.1, 0.15) is 0 Å². The molecule has 0 radical (unpaired) electrons. The summed E-state index contributed by atoms with van der Waals surface area (Å²) >= 11 is 0. The van der Waals surface area contributed by atoms with E-state index in [0.29, 0.717) is 18.1 Å². The zero-order valence-corrected chi connectivity index (χ0v) is 16.2. The first kappa shape index (κ1) is 18.8. The lowest BCUT2D eigenvalue weighted by Crippen LogP contribution is -2.58. The van der Waals surface area contributed by atoms with Crippen LogP contribution in [0.25, 0.3) is 0 Å². The highest BCUT2D eigenvalue weighted by molar-refractivity contribution is 5.94. The molecule has 1 aromatic heterocycles. The highest BCUT2D eigenvalue weighted by Gasteiger charge is 2.36. The summed E-state index contributed by atoms with van der Waals surface area (Å²) in [4.78, 5) is 23.5. The van der Waals surface area contributed by atoms with Crippen molar-refractivity contribution in [3.63, 3.8) is 0 Å². The van der Waals surface area contributed by atoms with Crippen LogP contribution in [0.1, 0.15) is 23.2 Å². The molecule has 0 spiro atoms. The maximum absolute atomic E-state index is 12.6. The number of amides is 1. The van der Waals surface area contributed by atoms with E-state index in [1.54, 1.807) is 24.5 Å². The molecule has 1 amide bonds. The number of aromatic nitrogens is 1. The maximum atomic E-state index is 12.6. The highest BCUT2D eigenvalue weighted by Crippen LogP contribution is 2.19. The van der Waals surface area contributed by atoms with Crippen molar-refractivity contribution >= 4 is 5.91 Å². The van der Waals surface area contributed by atoms with Gasteiger partial charge in [-0.2, -0.15) is 0 Å². The van der Waals surface area contributed by atoms with Gasteiger partial charge in [0.25, 0.3) is 5.91 Å². The van der Waals surface area contributed by atoms with E-state index in [1.165, 1.54) is 0 Å². The Hall–Kier alpha value is -1.54. The first-order chi connectivity index (χ1) is 13.2. The summed E-state index contributed by atoms with van der Waals surface area (Å²) in [7, 11) is 2.19. The summed E-state index contributed by atoms with van der Waals surface area (Å²) in [5, 5.41) is 3.85. The van der Waals surface area contributed by atoms with Crippen molar-refractivity contribution in [2.75, 3.05) is 59.5 Å². The fraction of sp³-hybridized carbons (Fsp3) is 0.700. The van der Waals surface area contributed by atoms with Crippen LogP contribution in [0, 0.1) is 0 Å². The minimum atomic E-state index is 0.121. The first-order valence-electron chi connectivity index (χ1n) is 10.2. The van der Waals surface area contributed by atoms with E-state index < -0.39 is 0 Å². The van der Waals surface area contributed by atoms with Gasteiger partial charge in [0.2, 0.25) is 0 Å². The zero-order chi connectivity index (χ0) is 18.6. The number of ether oxygens (including phenoxy) is 1. The monoisotopic (exact) mass is 373 g/mol. The predicted molar refractivity (Wildman–Crippen MR) is 104 cm³/mol. The van der Waals surface area contributed by atoms with E-state index in [2.05, 4.69) is 27.1 Å². The SMILES string of the molecule is CN1CCN(C2COCC2NC2CCN(C(=O)c3ccncc3)CC2)CC1. The molecule has 7 nitrogen and oxygen atoms in total. The van der Waals surface area contributed by atoms with E-state index in [4.69, 9.17) is 4.74 Å². The van der Waals surface area contributed by atoms with Crippen molar-refractivity contribution in [2.45, 2.75) is 31.0 Å². The van der Waals surface area contributed by atoms with E-state index in [9.17, 15) is 4.79 Å². The molecule has 2 unspecified atom stereocenters. The fourth-order valence-electron chi connectivity index (χ4n) is 4.44. The van der Waals surface area contributed by atoms with Gasteiger partial charge in [0.05, 0.1) is 19.3 Å². The van der Waals surface area contributed by atoms with Crippen molar-refractivity contribution in [2.24, 2.45) is 0 Å². The number of rotatable bonds is 4. The lowest BCUT2D eigenvalue weighted by molar-refractivity contribution is 0.0687. The number of carbonyl (C=O) groups excluding carboxylic acids is 1. The van der Waals surface area contributed by atoms with Crippen LogP contribution >= 0.6 is 0 Å². The van der Waals surface area contributed by atoms with E-state index in [1.807, 2.05) is 4.90 Å². The van der Waals surface area contributed by atoms with Crippen LogP contribution in [0.2, 0.25) is 0 Å². The summed E-state index contributed by atoms with van der Waals surface area (Å²) < 4.78 is 5.82. The summed E-state index contributed by atoms with van der Waals surface area (Å²) in [5.41, 5.74) is 0.732. The van der Waals surface area contributed by atoms with Crippen LogP contribution in [0.5, 0.6) is 0 Å². The largest absolute Gasteiger partial charge is 0.378 e. The van der Waals surface area contributed by atoms with E-state index >= 15 is 0 Å². The molecule has 0 saturated carbocycles. The second kappa shape index (κ2) is 8.65. The van der Waals surface area contributed by atoms with Crippen LogP contribution in [0.4, 0.5) is 0 Å². The predicted octanol–water partition coefficient (Wildman–Crippen LogP) is 0.291. The van der Waals surface area contributed by atoms with Crippen LogP contribution in [-0.4, -0.2) is 103 Å². The Bertz CT molecular complexity index is 612. The molecule has 3 aliphatic rings. The first-order valence-corrected chi connectivity index (χ1v) is 10.2. The third-order valence-electron chi connectivity index (χ3n) is 6.22. The van der Waals surface area contributed by atoms with Gasteiger partial charge in [-0.15, -0.1) is 0 Å². The number of hydrogen-bond donors (Lipinski definition) is 1. The van der Waals surface area contributed by atoms with E-state index in [0.717, 1.165) is 70.9 Å². The van der Waals surface area contributed by atoms with Gasteiger partial charge >= 0.3 is 0 Å². The van der Waals surface area contributed by atoms with Gasteiger partial charge in [-0.25, -0.2) is 0 Å². The normalized spacial score (nSPS) is 28.6. The number of pyridine rings is 1. The Morgan fingerprint density at radius 3 is 2.48 bits per heavy atom. The van der Waals surface area contributed by atoms with Gasteiger partial charge < -0.3 is 19.9 Å². The molecule has 27 heavy (non-hydrogen) atoms. The number of likely N-dealkylation sites (N-methyl/N-ethyl adjacent to an activating group) is 1. The summed E-state index contributed by atoms with van der Waals surface area (Å²) in [6.07, 6.45) is 5.37. The highest BCUT2D eigenvalue weighted by atomic mass is 16.5. The Morgan fingerprint density at radius 1 is 1.07 bits per heavy atom. The minimum Gasteiger partial charge on any atom is -0.378 e. The van der Waals surface area contributed by atoms with Gasteiger partial charge in [0.15, 0.2) is 0 Å². The molecular weight excluding hydrogens is 342 g/mol. The minimum absolute atomic E-state index is 0.121. The van der Waals surface area contributed by atoms with E-state index in [-0.39, 0.29) is 5.91 Å². The smallest absolute Gasteiger partial charge is 0.253 e. The summed E-state index contributed by atoms with van der Waals surface area (Å²) in [6.45, 7) is 7.78. The van der Waals surface area contributed by atoms with Gasteiger partial charge in [-0.1, -0.05) is 0 Å². The molecule has 1 aromatic rings. The third kappa shape index (κ3) is 4.48. The average Bonchev–Trinajstić information content (AvgIpc) is 3.17. The second-order valence-electron chi connectivity index (χ2n) is 8.02. The average molecular weight is 374 g/mol. The number of piperazine rings is 1. The Balaban J connectivity index is 1.27. The number of likely N-dealkylation sites (tertiary alicyclic amines) is 1. The molecular formula is C20H31N5O2. The van der Waals surface area contributed by atoms with Crippen LogP contribution in [-0.2, 0) is 4.74 Å². The number of piperidine rings is 1. The molecule has 4 heterocycles. The number of carbonyl (C=O) groups is 1. The summed E-state index contributed by atoms with van der Waals surface area (Å²) in [6, 6.07) is 4.94. The van der Waals surface area contributed by atoms with Gasteiger partial charge in [0, 0.05) is 69.3 Å². The molecule has 1 N–H and O–H groups in total. The topological polar surface area (TPSA) is 60.9 Å². The number of hydrogen-bond acceptors (Lipinski definition) is 6. The van der Waals surface area contributed by atoms with Crippen molar-refractivity contribution < 1.29 is 9.53 Å². The lowest BCUT2D eigenvalue weighted by Gasteiger charge is -2.40. The van der Waals surface area contributed by atoms with Crippen molar-refractivity contribution in [1.29, 1.82) is 0 Å². The van der Waals surface area contributed by atoms with Gasteiger partial charge in [-0.05, 0) is 32.0 Å². The van der Waals surface area contributed by atoms with Crippen molar-refractivity contribution in [1.82, 2.24) is 25.0 Å². The third-order valence-corrected chi connectivity index (χ3v) is 6.22. The van der Waals surface area contributed by atoms with Crippen LogP contribution in [0.3, 0.4) is 0 Å². The molecule has 148 valence electrons. The Morgan fingerprint density at radius 2 is 1.78 bits per heavy atom. The molecule has 4 rings (SSSR count). The molecule has 7 heteroatoms. The second-order valence-corrected chi connectivity index (χ2v) is 8.02. The lowest BCUT2D eigenvalue weighted by atomic mass is 10.0. The molecule has 3 saturated heterocycles. The van der Waals surface area contributed by atoms with Crippen LogP contribution < -0.4 is 5.32 Å². The molecule has 3 fully saturated rings. The molecule has 0 bridgehead atoms. The molecule has 3 aliphatic heterocycles. The zero-order valence-electron chi connectivity index (χ0n) is 16.2. The quantitative estimate of drug-likeness (QED) is 0.819. The van der Waals surface area contributed by atoms with Gasteiger partial charge in [-0.3, -0.25) is 14.7 Å². The Labute approximate surface area is 161 Å². The number of nitrogens with one attached hydrogen (secondary N) is 1. The molecule has 0 aromatic carbocycles. The van der Waals surface area contributed by atoms with Crippen LogP contribution in [0.15, 0.2) is 24.5 Å². The van der Waals surface area contributed by atoms with Crippen molar-refractivity contribution in [3.8, 4) is 0 Å². The molecule has 2 atom stereocenters. The summed E-state index contributed by atoms with van der Waals surface area (Å²) in [5.74, 6) is 0.121. The number of nitrogens with zero attached hydrogens (tertiary/aromatic N) is 4. The van der Waals surface area contributed by atoms with Crippen molar-refractivity contribution in [3.05, 3.63) is 30.1 Å². The fourth-order valence-corrected chi connectivity index (χ4v) is 4.44. The maximum Gasteiger partial charge on any atom is 0.253 e. The molecule has 0 aliphatic carbocycles.